The Morgan fingerprint density at radius 1 is 1.37 bits per heavy atom. The maximum Gasteiger partial charge on any atom is 0.325 e. The molecule has 1 aromatic carbocycles. The summed E-state index contributed by atoms with van der Waals surface area (Å²) in [5, 5.41) is 2.80. The van der Waals surface area contributed by atoms with E-state index in [-0.39, 0.29) is 6.54 Å². The molecular weight excluding hydrogens is 270 g/mol. The summed E-state index contributed by atoms with van der Waals surface area (Å²) < 4.78 is 9.46. The summed E-state index contributed by atoms with van der Waals surface area (Å²) in [6, 6.07) is 5.22. The highest BCUT2D eigenvalue weighted by Crippen LogP contribution is 2.28. The number of carbonyl (C=O) groups is 2. The molecule has 1 amide bonds. The van der Waals surface area contributed by atoms with E-state index in [0.717, 1.165) is 0 Å². The molecule has 5 nitrogen and oxygen atoms in total. The highest BCUT2D eigenvalue weighted by Gasteiger charge is 2.05. The first-order chi connectivity index (χ1) is 9.08. The molecule has 0 atom stereocenters. The van der Waals surface area contributed by atoms with E-state index < -0.39 is 11.9 Å². The SMILES string of the molecule is COC(=O)CNC(=O)/C=C/c1cccc(OC)c1Cl. The van der Waals surface area contributed by atoms with Crippen LogP contribution in [-0.2, 0) is 14.3 Å². The molecule has 0 spiro atoms. The molecule has 0 heterocycles. The van der Waals surface area contributed by atoms with Crippen molar-refractivity contribution in [3.8, 4) is 5.75 Å². The molecule has 0 unspecified atom stereocenters. The number of hydrogen-bond acceptors (Lipinski definition) is 4. The van der Waals surface area contributed by atoms with E-state index in [0.29, 0.717) is 16.3 Å². The van der Waals surface area contributed by atoms with E-state index >= 15 is 0 Å². The number of hydrogen-bond donors (Lipinski definition) is 1. The third-order valence-corrected chi connectivity index (χ3v) is 2.67. The zero-order valence-corrected chi connectivity index (χ0v) is 11.4. The van der Waals surface area contributed by atoms with Crippen molar-refractivity contribution < 1.29 is 19.1 Å². The van der Waals surface area contributed by atoms with Gasteiger partial charge in [-0.25, -0.2) is 0 Å². The zero-order valence-electron chi connectivity index (χ0n) is 10.6. The molecular formula is C13H14ClNO4. The Labute approximate surface area is 116 Å². The van der Waals surface area contributed by atoms with Crippen molar-refractivity contribution in [3.05, 3.63) is 34.9 Å². The first-order valence-electron chi connectivity index (χ1n) is 5.43. The Morgan fingerprint density at radius 2 is 2.11 bits per heavy atom. The van der Waals surface area contributed by atoms with Crippen molar-refractivity contribution in [1.29, 1.82) is 0 Å². The Morgan fingerprint density at radius 3 is 2.74 bits per heavy atom. The normalized spacial score (nSPS) is 10.3. The van der Waals surface area contributed by atoms with Crippen LogP contribution in [0.3, 0.4) is 0 Å². The minimum atomic E-state index is -0.513. The van der Waals surface area contributed by atoms with E-state index in [2.05, 4.69) is 10.1 Å². The number of nitrogens with one attached hydrogen (secondary N) is 1. The number of benzene rings is 1. The number of rotatable bonds is 5. The van der Waals surface area contributed by atoms with E-state index in [9.17, 15) is 9.59 Å². The van der Waals surface area contributed by atoms with Crippen LogP contribution in [0.5, 0.6) is 5.75 Å². The Bertz CT molecular complexity index is 499. The van der Waals surface area contributed by atoms with Gasteiger partial charge in [-0.15, -0.1) is 0 Å². The fraction of sp³-hybridized carbons (Fsp3) is 0.231. The zero-order chi connectivity index (χ0) is 14.3. The van der Waals surface area contributed by atoms with Crippen LogP contribution < -0.4 is 10.1 Å². The Kier molecular flexibility index (Phi) is 5.89. The summed E-state index contributed by atoms with van der Waals surface area (Å²) in [4.78, 5) is 22.3. The van der Waals surface area contributed by atoms with Crippen molar-refractivity contribution in [2.75, 3.05) is 20.8 Å². The lowest BCUT2D eigenvalue weighted by Gasteiger charge is -2.05. The van der Waals surface area contributed by atoms with E-state index in [1.807, 2.05) is 0 Å². The van der Waals surface area contributed by atoms with Gasteiger partial charge in [0.1, 0.15) is 12.3 Å². The van der Waals surface area contributed by atoms with Gasteiger partial charge < -0.3 is 14.8 Å². The minimum Gasteiger partial charge on any atom is -0.495 e. The summed E-state index contributed by atoms with van der Waals surface area (Å²) in [7, 11) is 2.76. The highest BCUT2D eigenvalue weighted by molar-refractivity contribution is 6.33. The smallest absolute Gasteiger partial charge is 0.325 e. The second-order valence-electron chi connectivity index (χ2n) is 3.49. The molecule has 0 aliphatic heterocycles. The number of carbonyl (C=O) groups excluding carboxylic acids is 2. The van der Waals surface area contributed by atoms with Gasteiger partial charge in [0.25, 0.3) is 0 Å². The average Bonchev–Trinajstić information content (AvgIpc) is 2.43. The van der Waals surface area contributed by atoms with Crippen LogP contribution in [0.2, 0.25) is 5.02 Å². The van der Waals surface area contributed by atoms with Crippen molar-refractivity contribution >= 4 is 29.6 Å². The molecule has 6 heteroatoms. The average molecular weight is 284 g/mol. The molecule has 1 aromatic rings. The fourth-order valence-corrected chi connectivity index (χ4v) is 1.54. The maximum absolute atomic E-state index is 11.4. The van der Waals surface area contributed by atoms with Crippen LogP contribution in [0, 0.1) is 0 Å². The summed E-state index contributed by atoms with van der Waals surface area (Å²) in [6.07, 6.45) is 2.82. The first-order valence-corrected chi connectivity index (χ1v) is 5.81. The van der Waals surface area contributed by atoms with Crippen LogP contribution in [0.1, 0.15) is 5.56 Å². The Balaban J connectivity index is 2.66. The van der Waals surface area contributed by atoms with Gasteiger partial charge >= 0.3 is 5.97 Å². The molecule has 0 saturated heterocycles. The molecule has 0 saturated carbocycles. The monoisotopic (exact) mass is 283 g/mol. The predicted octanol–water partition coefficient (Wildman–Crippen LogP) is 1.65. The van der Waals surface area contributed by atoms with E-state index in [1.54, 1.807) is 18.2 Å². The third kappa shape index (κ3) is 4.63. The topological polar surface area (TPSA) is 64.6 Å². The molecule has 0 radical (unpaired) electrons. The molecule has 0 fully saturated rings. The summed E-state index contributed by atoms with van der Waals surface area (Å²) in [6.45, 7) is -0.175. The standard InChI is InChI=1S/C13H14ClNO4/c1-18-10-5-3-4-9(13(10)14)6-7-11(16)15-8-12(17)19-2/h3-7H,8H2,1-2H3,(H,15,16)/b7-6+. The quantitative estimate of drug-likeness (QED) is 0.659. The van der Waals surface area contributed by atoms with Crippen LogP contribution >= 0.6 is 11.6 Å². The van der Waals surface area contributed by atoms with Gasteiger partial charge in [-0.1, -0.05) is 23.7 Å². The summed E-state index contributed by atoms with van der Waals surface area (Å²) >= 11 is 6.06. The van der Waals surface area contributed by atoms with Crippen molar-refractivity contribution in [2.24, 2.45) is 0 Å². The van der Waals surface area contributed by atoms with Gasteiger partial charge in [0.2, 0.25) is 5.91 Å². The number of methoxy groups -OCH3 is 2. The lowest BCUT2D eigenvalue weighted by Crippen LogP contribution is -2.28. The van der Waals surface area contributed by atoms with Crippen LogP contribution in [0.4, 0.5) is 0 Å². The van der Waals surface area contributed by atoms with Gasteiger partial charge in [0, 0.05) is 6.08 Å². The van der Waals surface area contributed by atoms with Crippen molar-refractivity contribution in [2.45, 2.75) is 0 Å². The molecule has 0 aliphatic carbocycles. The van der Waals surface area contributed by atoms with Crippen LogP contribution in [0.15, 0.2) is 24.3 Å². The number of halogens is 1. The highest BCUT2D eigenvalue weighted by atomic mass is 35.5. The van der Waals surface area contributed by atoms with E-state index in [4.69, 9.17) is 16.3 Å². The molecule has 1 rings (SSSR count). The molecule has 1 N–H and O–H groups in total. The molecule has 0 bridgehead atoms. The number of ether oxygens (including phenoxy) is 2. The van der Waals surface area contributed by atoms with Gasteiger partial charge in [-0.2, -0.15) is 0 Å². The van der Waals surface area contributed by atoms with Crippen molar-refractivity contribution in [1.82, 2.24) is 5.32 Å². The molecule has 102 valence electrons. The second-order valence-corrected chi connectivity index (χ2v) is 3.87. The van der Waals surface area contributed by atoms with Crippen molar-refractivity contribution in [3.63, 3.8) is 0 Å². The minimum absolute atomic E-state index is 0.175. The molecule has 19 heavy (non-hydrogen) atoms. The largest absolute Gasteiger partial charge is 0.495 e. The van der Waals surface area contributed by atoms with Gasteiger partial charge in [0.05, 0.1) is 19.2 Å². The maximum atomic E-state index is 11.4. The molecule has 0 aromatic heterocycles. The number of amides is 1. The fourth-order valence-electron chi connectivity index (χ4n) is 1.27. The third-order valence-electron chi connectivity index (χ3n) is 2.26. The predicted molar refractivity (Wildman–Crippen MR) is 72.1 cm³/mol. The van der Waals surface area contributed by atoms with Gasteiger partial charge in [-0.3, -0.25) is 9.59 Å². The van der Waals surface area contributed by atoms with E-state index in [1.165, 1.54) is 26.4 Å². The Hall–Kier alpha value is -2.01. The lowest BCUT2D eigenvalue weighted by atomic mass is 10.2. The number of esters is 1. The van der Waals surface area contributed by atoms with Crippen LogP contribution in [-0.4, -0.2) is 32.6 Å². The van der Waals surface area contributed by atoms with Crippen LogP contribution in [0.25, 0.3) is 6.08 Å². The first kappa shape index (κ1) is 15.0. The molecule has 0 aliphatic rings. The van der Waals surface area contributed by atoms with Gasteiger partial charge in [-0.05, 0) is 17.7 Å². The second kappa shape index (κ2) is 7.43. The summed E-state index contributed by atoms with van der Waals surface area (Å²) in [5.41, 5.74) is 0.647. The summed E-state index contributed by atoms with van der Waals surface area (Å²) in [5.74, 6) is -0.399. The van der Waals surface area contributed by atoms with Gasteiger partial charge in [0.15, 0.2) is 0 Å². The lowest BCUT2D eigenvalue weighted by molar-refractivity contribution is -0.140.